The van der Waals surface area contributed by atoms with Gasteiger partial charge in [0.25, 0.3) is 0 Å². The van der Waals surface area contributed by atoms with Crippen molar-refractivity contribution in [1.29, 1.82) is 0 Å². The number of hydrogen-bond donors (Lipinski definition) is 1. The van der Waals surface area contributed by atoms with Crippen molar-refractivity contribution in [1.82, 2.24) is 14.8 Å². The summed E-state index contributed by atoms with van der Waals surface area (Å²) < 4.78 is 1.75. The molecule has 5 heteroatoms. The highest BCUT2D eigenvalue weighted by Gasteiger charge is 2.17. The van der Waals surface area contributed by atoms with Crippen molar-refractivity contribution >= 4 is 17.2 Å². The molecule has 0 atom stereocenters. The van der Waals surface area contributed by atoms with E-state index >= 15 is 0 Å². The minimum atomic E-state index is 0.564. The molecule has 2 rings (SSSR count). The Morgan fingerprint density at radius 1 is 1.47 bits per heavy atom. The number of anilines is 1. The molecule has 0 radical (unpaired) electrons. The van der Waals surface area contributed by atoms with Crippen LogP contribution in [0.15, 0.2) is 6.20 Å². The third-order valence-electron chi connectivity index (χ3n) is 2.66. The second-order valence-electron chi connectivity index (χ2n) is 4.68. The number of rotatable bonds is 3. The summed E-state index contributed by atoms with van der Waals surface area (Å²) in [5, 5.41) is 5.56. The normalized spacial score (nSPS) is 11.4. The average molecular weight is 250 g/mol. The fourth-order valence-corrected chi connectivity index (χ4v) is 2.65. The van der Waals surface area contributed by atoms with Crippen molar-refractivity contribution < 1.29 is 0 Å². The second kappa shape index (κ2) is 4.49. The Balaban J connectivity index is 2.49. The molecule has 0 bridgehead atoms. The fourth-order valence-electron chi connectivity index (χ4n) is 1.86. The van der Waals surface area contributed by atoms with Gasteiger partial charge in [-0.3, -0.25) is 4.68 Å². The van der Waals surface area contributed by atoms with Gasteiger partial charge >= 0.3 is 0 Å². The molecular formula is C12H18N4S. The Morgan fingerprint density at radius 2 is 2.18 bits per heavy atom. The Kier molecular flexibility index (Phi) is 3.19. The molecule has 0 spiro atoms. The third kappa shape index (κ3) is 2.34. The van der Waals surface area contributed by atoms with E-state index in [0.717, 1.165) is 33.4 Å². The first-order valence-corrected chi connectivity index (χ1v) is 6.54. The highest BCUT2D eigenvalue weighted by molar-refractivity contribution is 7.15. The van der Waals surface area contributed by atoms with Gasteiger partial charge in [-0.1, -0.05) is 13.8 Å². The second-order valence-corrected chi connectivity index (χ2v) is 5.91. The molecule has 0 saturated heterocycles. The first kappa shape index (κ1) is 12.1. The van der Waals surface area contributed by atoms with E-state index in [1.165, 1.54) is 0 Å². The van der Waals surface area contributed by atoms with E-state index in [2.05, 4.69) is 23.9 Å². The maximum absolute atomic E-state index is 6.08. The molecule has 0 amide bonds. The first-order valence-electron chi connectivity index (χ1n) is 5.73. The van der Waals surface area contributed by atoms with Gasteiger partial charge in [0.2, 0.25) is 0 Å². The zero-order valence-electron chi connectivity index (χ0n) is 10.7. The molecule has 17 heavy (non-hydrogen) atoms. The summed E-state index contributed by atoms with van der Waals surface area (Å²) in [5.41, 5.74) is 8.22. The van der Waals surface area contributed by atoms with E-state index in [1.807, 2.05) is 20.2 Å². The van der Waals surface area contributed by atoms with Crippen LogP contribution in [0.2, 0.25) is 0 Å². The van der Waals surface area contributed by atoms with E-state index in [4.69, 9.17) is 5.73 Å². The van der Waals surface area contributed by atoms with Gasteiger partial charge in [-0.25, -0.2) is 4.98 Å². The summed E-state index contributed by atoms with van der Waals surface area (Å²) >= 11 is 1.66. The molecule has 0 aliphatic carbocycles. The van der Waals surface area contributed by atoms with E-state index in [1.54, 1.807) is 16.0 Å². The summed E-state index contributed by atoms with van der Waals surface area (Å²) in [6.45, 7) is 6.38. The van der Waals surface area contributed by atoms with Gasteiger partial charge in [0.1, 0.15) is 11.5 Å². The number of thiazole rings is 1. The van der Waals surface area contributed by atoms with Gasteiger partial charge in [-0.05, 0) is 19.3 Å². The van der Waals surface area contributed by atoms with Gasteiger partial charge in [-0.2, -0.15) is 5.10 Å². The number of nitrogen functional groups attached to an aromatic ring is 1. The van der Waals surface area contributed by atoms with Crippen LogP contribution in [-0.2, 0) is 13.5 Å². The Labute approximate surface area is 105 Å². The molecule has 0 saturated carbocycles. The summed E-state index contributed by atoms with van der Waals surface area (Å²) in [5.74, 6) is 1.33. The minimum absolute atomic E-state index is 0.564. The summed E-state index contributed by atoms with van der Waals surface area (Å²) in [7, 11) is 1.89. The topological polar surface area (TPSA) is 56.7 Å². The predicted molar refractivity (Wildman–Crippen MR) is 72.0 cm³/mol. The predicted octanol–water partition coefficient (Wildman–Crippen LogP) is 2.63. The summed E-state index contributed by atoms with van der Waals surface area (Å²) in [6.07, 6.45) is 2.83. The first-order chi connectivity index (χ1) is 7.99. The van der Waals surface area contributed by atoms with Crippen LogP contribution in [-0.4, -0.2) is 14.8 Å². The van der Waals surface area contributed by atoms with Crippen molar-refractivity contribution in [3.05, 3.63) is 16.8 Å². The molecule has 0 aromatic carbocycles. The monoisotopic (exact) mass is 250 g/mol. The minimum Gasteiger partial charge on any atom is -0.384 e. The lowest BCUT2D eigenvalue weighted by Gasteiger charge is -2.05. The van der Waals surface area contributed by atoms with Crippen LogP contribution in [0, 0.1) is 12.8 Å². The van der Waals surface area contributed by atoms with Crippen molar-refractivity contribution in [3.63, 3.8) is 0 Å². The lowest BCUT2D eigenvalue weighted by Crippen LogP contribution is -2.01. The van der Waals surface area contributed by atoms with E-state index < -0.39 is 0 Å². The number of nitrogens with two attached hydrogens (primary N) is 1. The molecule has 2 N–H and O–H groups in total. The number of aryl methyl sites for hydroxylation is 2. The van der Waals surface area contributed by atoms with E-state index in [9.17, 15) is 0 Å². The largest absolute Gasteiger partial charge is 0.384 e. The lowest BCUT2D eigenvalue weighted by molar-refractivity contribution is 0.649. The lowest BCUT2D eigenvalue weighted by atomic mass is 10.0. The van der Waals surface area contributed by atoms with Crippen LogP contribution < -0.4 is 5.73 Å². The number of aromatic nitrogens is 3. The SMILES string of the molecule is Cc1ncc(-c2nn(C)c(N)c2CC(C)C)s1. The van der Waals surface area contributed by atoms with Crippen LogP contribution in [0.5, 0.6) is 0 Å². The summed E-state index contributed by atoms with van der Waals surface area (Å²) in [4.78, 5) is 5.38. The van der Waals surface area contributed by atoms with Gasteiger partial charge in [0, 0.05) is 18.8 Å². The van der Waals surface area contributed by atoms with Crippen molar-refractivity contribution in [2.24, 2.45) is 13.0 Å². The van der Waals surface area contributed by atoms with Crippen LogP contribution in [0.1, 0.15) is 24.4 Å². The molecule has 0 aliphatic rings. The zero-order valence-corrected chi connectivity index (χ0v) is 11.5. The fraction of sp³-hybridized carbons (Fsp3) is 0.500. The van der Waals surface area contributed by atoms with Crippen LogP contribution in [0.4, 0.5) is 5.82 Å². The van der Waals surface area contributed by atoms with Crippen molar-refractivity contribution in [3.8, 4) is 10.6 Å². The molecule has 0 unspecified atom stereocenters. The molecule has 4 nitrogen and oxygen atoms in total. The van der Waals surface area contributed by atoms with Crippen LogP contribution >= 0.6 is 11.3 Å². The molecule has 2 heterocycles. The van der Waals surface area contributed by atoms with Gasteiger partial charge in [0.15, 0.2) is 0 Å². The molecule has 2 aromatic heterocycles. The molecule has 0 aliphatic heterocycles. The van der Waals surface area contributed by atoms with Crippen molar-refractivity contribution in [2.75, 3.05) is 5.73 Å². The number of hydrogen-bond acceptors (Lipinski definition) is 4. The van der Waals surface area contributed by atoms with E-state index in [-0.39, 0.29) is 0 Å². The van der Waals surface area contributed by atoms with Gasteiger partial charge < -0.3 is 5.73 Å². The zero-order chi connectivity index (χ0) is 12.6. The van der Waals surface area contributed by atoms with Gasteiger partial charge in [-0.15, -0.1) is 11.3 Å². The Hall–Kier alpha value is -1.36. The summed E-state index contributed by atoms with van der Waals surface area (Å²) in [6, 6.07) is 0. The maximum atomic E-state index is 6.08. The van der Waals surface area contributed by atoms with Crippen LogP contribution in [0.3, 0.4) is 0 Å². The average Bonchev–Trinajstić information content (AvgIpc) is 2.77. The van der Waals surface area contributed by atoms with Crippen molar-refractivity contribution in [2.45, 2.75) is 27.2 Å². The quantitative estimate of drug-likeness (QED) is 0.911. The maximum Gasteiger partial charge on any atom is 0.125 e. The highest BCUT2D eigenvalue weighted by Crippen LogP contribution is 2.32. The molecule has 0 fully saturated rings. The standard InChI is InChI=1S/C12H18N4S/c1-7(2)5-9-11(15-16(4)12(9)13)10-6-14-8(3)17-10/h6-7H,5,13H2,1-4H3. The highest BCUT2D eigenvalue weighted by atomic mass is 32.1. The van der Waals surface area contributed by atoms with Crippen LogP contribution in [0.25, 0.3) is 10.6 Å². The molecule has 92 valence electrons. The third-order valence-corrected chi connectivity index (χ3v) is 3.58. The molecular weight excluding hydrogens is 232 g/mol. The molecule has 2 aromatic rings. The Bertz CT molecular complexity index is 525. The smallest absolute Gasteiger partial charge is 0.125 e. The number of nitrogens with zero attached hydrogens (tertiary/aromatic N) is 3. The van der Waals surface area contributed by atoms with E-state index in [0.29, 0.717) is 5.92 Å². The van der Waals surface area contributed by atoms with Gasteiger partial charge in [0.05, 0.1) is 9.88 Å². The Morgan fingerprint density at radius 3 is 2.71 bits per heavy atom.